The first kappa shape index (κ1) is 28.6. The lowest BCUT2D eigenvalue weighted by atomic mass is 9.78. The molecule has 0 spiro atoms. The molecule has 0 aliphatic heterocycles. The Morgan fingerprint density at radius 3 is 1.56 bits per heavy atom. The van der Waals surface area contributed by atoms with Gasteiger partial charge in [0.25, 0.3) is 0 Å². The monoisotopic (exact) mass is 480 g/mol. The molecule has 2 rings (SSSR count). The number of amides is 1. The van der Waals surface area contributed by atoms with Gasteiger partial charge in [0.15, 0.2) is 0 Å². The van der Waals surface area contributed by atoms with Crippen LogP contribution in [0.25, 0.3) is 0 Å². The van der Waals surface area contributed by atoms with E-state index in [1.165, 1.54) is 44.9 Å². The van der Waals surface area contributed by atoms with Crippen molar-refractivity contribution in [3.05, 3.63) is 0 Å². The zero-order chi connectivity index (χ0) is 24.6. The Bertz CT molecular complexity index is 612. The molecule has 4 N–H and O–H groups in total. The molecule has 0 heterocycles. The van der Waals surface area contributed by atoms with Gasteiger partial charge in [0.1, 0.15) is 0 Å². The predicted octanol–water partition coefficient (Wildman–Crippen LogP) is 5.13. The van der Waals surface area contributed by atoms with Gasteiger partial charge in [-0.2, -0.15) is 0 Å². The lowest BCUT2D eigenvalue weighted by molar-refractivity contribution is -0.148. The molecule has 196 valence electrons. The quantitative estimate of drug-likeness (QED) is 0.215. The van der Waals surface area contributed by atoms with Crippen LogP contribution in [0.2, 0.25) is 0 Å². The van der Waals surface area contributed by atoms with E-state index in [0.717, 1.165) is 64.3 Å². The number of rotatable bonds is 17. The zero-order valence-corrected chi connectivity index (χ0v) is 21.1. The molecule has 4 atom stereocenters. The van der Waals surface area contributed by atoms with Crippen LogP contribution in [0.5, 0.6) is 0 Å². The van der Waals surface area contributed by atoms with Crippen molar-refractivity contribution >= 4 is 17.8 Å². The highest BCUT2D eigenvalue weighted by atomic mass is 16.4. The van der Waals surface area contributed by atoms with Crippen LogP contribution in [-0.4, -0.2) is 47.2 Å². The molecule has 2 aliphatic carbocycles. The van der Waals surface area contributed by atoms with Crippen LogP contribution in [-0.2, 0) is 14.4 Å². The van der Waals surface area contributed by atoms with E-state index < -0.39 is 17.9 Å². The summed E-state index contributed by atoms with van der Waals surface area (Å²) in [5.74, 6) is -2.60. The summed E-state index contributed by atoms with van der Waals surface area (Å²) in [6, 6.07) is 0.161. The molecule has 0 radical (unpaired) electrons. The zero-order valence-electron chi connectivity index (χ0n) is 21.1. The van der Waals surface area contributed by atoms with Crippen LogP contribution in [0.15, 0.2) is 0 Å². The highest BCUT2D eigenvalue weighted by molar-refractivity contribution is 5.84. The van der Waals surface area contributed by atoms with Gasteiger partial charge in [0, 0.05) is 12.6 Å². The first-order valence-electron chi connectivity index (χ1n) is 14.0. The summed E-state index contributed by atoms with van der Waals surface area (Å²) < 4.78 is 0. The van der Waals surface area contributed by atoms with Crippen molar-refractivity contribution in [1.29, 1.82) is 0 Å². The first-order valence-corrected chi connectivity index (χ1v) is 14.0. The second-order valence-electron chi connectivity index (χ2n) is 10.5. The van der Waals surface area contributed by atoms with E-state index in [2.05, 4.69) is 10.6 Å². The van der Waals surface area contributed by atoms with Gasteiger partial charge in [-0.3, -0.25) is 14.4 Å². The SMILES string of the molecule is O=C(O)[C@H]1CCCC[C@@H]1C(=O)NCCCCCCCCCCCCN[C@H]1CCCC[C@H]1C(=O)O. The summed E-state index contributed by atoms with van der Waals surface area (Å²) in [7, 11) is 0. The van der Waals surface area contributed by atoms with Gasteiger partial charge in [0.2, 0.25) is 5.91 Å². The Morgan fingerprint density at radius 2 is 1.00 bits per heavy atom. The summed E-state index contributed by atoms with van der Waals surface area (Å²) in [6.07, 6.45) is 19.1. The molecule has 1 amide bonds. The van der Waals surface area contributed by atoms with Crippen molar-refractivity contribution in [2.45, 2.75) is 122 Å². The number of carboxylic acids is 2. The van der Waals surface area contributed by atoms with E-state index in [-0.39, 0.29) is 23.8 Å². The van der Waals surface area contributed by atoms with E-state index in [1.54, 1.807) is 0 Å². The average Bonchev–Trinajstić information content (AvgIpc) is 2.84. The molecular weight excluding hydrogens is 432 g/mol. The Labute approximate surface area is 205 Å². The molecule has 7 heteroatoms. The van der Waals surface area contributed by atoms with Crippen molar-refractivity contribution in [1.82, 2.24) is 10.6 Å². The lowest BCUT2D eigenvalue weighted by Crippen LogP contribution is -2.42. The summed E-state index contributed by atoms with van der Waals surface area (Å²) in [4.78, 5) is 35.0. The number of aliphatic carboxylic acids is 2. The lowest BCUT2D eigenvalue weighted by Gasteiger charge is -2.29. The van der Waals surface area contributed by atoms with Crippen molar-refractivity contribution in [3.63, 3.8) is 0 Å². The van der Waals surface area contributed by atoms with Gasteiger partial charge in [-0.1, -0.05) is 77.0 Å². The highest BCUT2D eigenvalue weighted by Crippen LogP contribution is 2.30. The van der Waals surface area contributed by atoms with E-state index in [9.17, 15) is 24.6 Å². The second kappa shape index (κ2) is 16.9. The van der Waals surface area contributed by atoms with Gasteiger partial charge in [-0.15, -0.1) is 0 Å². The van der Waals surface area contributed by atoms with Crippen molar-refractivity contribution in [2.24, 2.45) is 17.8 Å². The largest absolute Gasteiger partial charge is 0.481 e. The van der Waals surface area contributed by atoms with Gasteiger partial charge in [-0.25, -0.2) is 0 Å². The Morgan fingerprint density at radius 1 is 0.559 bits per heavy atom. The van der Waals surface area contributed by atoms with E-state index in [0.29, 0.717) is 19.4 Å². The number of unbranched alkanes of at least 4 members (excludes halogenated alkanes) is 9. The molecule has 0 saturated heterocycles. The fraction of sp³-hybridized carbons (Fsp3) is 0.889. The van der Waals surface area contributed by atoms with Crippen LogP contribution in [0, 0.1) is 17.8 Å². The smallest absolute Gasteiger partial charge is 0.308 e. The maximum absolute atomic E-state index is 12.3. The molecule has 0 bridgehead atoms. The first-order chi connectivity index (χ1) is 16.5. The highest BCUT2D eigenvalue weighted by Gasteiger charge is 2.35. The molecule has 2 aliphatic rings. The van der Waals surface area contributed by atoms with Crippen molar-refractivity contribution < 1.29 is 24.6 Å². The summed E-state index contributed by atoms with van der Waals surface area (Å²) in [5.41, 5.74) is 0. The van der Waals surface area contributed by atoms with Crippen LogP contribution >= 0.6 is 0 Å². The van der Waals surface area contributed by atoms with Crippen LogP contribution in [0.1, 0.15) is 116 Å². The molecule has 0 aromatic rings. The second-order valence-corrected chi connectivity index (χ2v) is 10.5. The van der Waals surface area contributed by atoms with E-state index in [4.69, 9.17) is 0 Å². The maximum Gasteiger partial charge on any atom is 0.308 e. The number of carbonyl (C=O) groups excluding carboxylic acids is 1. The fourth-order valence-electron chi connectivity index (χ4n) is 5.71. The molecule has 34 heavy (non-hydrogen) atoms. The van der Waals surface area contributed by atoms with Gasteiger partial charge < -0.3 is 20.8 Å². The topological polar surface area (TPSA) is 116 Å². The summed E-state index contributed by atoms with van der Waals surface area (Å²) in [6.45, 7) is 1.59. The van der Waals surface area contributed by atoms with Crippen LogP contribution < -0.4 is 10.6 Å². The fourth-order valence-corrected chi connectivity index (χ4v) is 5.71. The van der Waals surface area contributed by atoms with Gasteiger partial charge in [-0.05, 0) is 45.1 Å². The van der Waals surface area contributed by atoms with Crippen molar-refractivity contribution in [2.75, 3.05) is 13.1 Å². The molecular formula is C27H48N2O5. The number of carbonyl (C=O) groups is 3. The maximum atomic E-state index is 12.3. The van der Waals surface area contributed by atoms with Crippen LogP contribution in [0.3, 0.4) is 0 Å². The molecule has 0 unspecified atom stereocenters. The number of hydrogen-bond acceptors (Lipinski definition) is 4. The average molecular weight is 481 g/mol. The molecule has 7 nitrogen and oxygen atoms in total. The van der Waals surface area contributed by atoms with Gasteiger partial charge >= 0.3 is 11.9 Å². The third-order valence-corrected chi connectivity index (χ3v) is 7.81. The van der Waals surface area contributed by atoms with E-state index >= 15 is 0 Å². The predicted molar refractivity (Wildman–Crippen MR) is 134 cm³/mol. The normalized spacial score (nSPS) is 25.1. The Kier molecular flexibility index (Phi) is 14.2. The minimum Gasteiger partial charge on any atom is -0.481 e. The number of nitrogens with one attached hydrogen (secondary N) is 2. The Hall–Kier alpha value is -1.63. The molecule has 0 aromatic heterocycles. The standard InChI is InChI=1S/C27H48N2O5/c30-25(21-15-9-10-16-22(21)26(31)32)29-20-14-8-6-4-2-1-3-5-7-13-19-28-24-18-12-11-17-23(24)27(33)34/h21-24,28H,1-20H2,(H,29,30)(H,31,32)(H,33,34)/t21-,22-,23+,24-/m0/s1. The van der Waals surface area contributed by atoms with Crippen molar-refractivity contribution in [3.8, 4) is 0 Å². The Balaban J connectivity index is 1.36. The van der Waals surface area contributed by atoms with E-state index in [1.807, 2.05) is 0 Å². The van der Waals surface area contributed by atoms with Gasteiger partial charge in [0.05, 0.1) is 17.8 Å². The summed E-state index contributed by atoms with van der Waals surface area (Å²) in [5, 5.41) is 25.1. The third-order valence-electron chi connectivity index (χ3n) is 7.81. The molecule has 2 saturated carbocycles. The third kappa shape index (κ3) is 10.7. The summed E-state index contributed by atoms with van der Waals surface area (Å²) >= 11 is 0. The number of carboxylic acid groups (broad SMARTS) is 2. The molecule has 0 aromatic carbocycles. The minimum atomic E-state index is -0.829. The molecule has 2 fully saturated rings. The minimum absolute atomic E-state index is 0.0669. The number of hydrogen-bond donors (Lipinski definition) is 4. The van der Waals surface area contributed by atoms with Crippen LogP contribution in [0.4, 0.5) is 0 Å².